The van der Waals surface area contributed by atoms with Gasteiger partial charge in [-0.2, -0.15) is 0 Å². The van der Waals surface area contributed by atoms with E-state index in [-0.39, 0.29) is 18.0 Å². The molecule has 0 aromatic rings. The summed E-state index contributed by atoms with van der Waals surface area (Å²) in [7, 11) is 2.16. The van der Waals surface area contributed by atoms with Crippen LogP contribution in [0.3, 0.4) is 0 Å². The number of amides is 1. The Hall–Kier alpha value is -0.650. The van der Waals surface area contributed by atoms with Crippen LogP contribution in [-0.2, 0) is 4.79 Å². The first kappa shape index (κ1) is 15.4. The summed E-state index contributed by atoms with van der Waals surface area (Å²) in [5.74, 6) is 0.0865. The van der Waals surface area contributed by atoms with Gasteiger partial charge in [-0.15, -0.1) is 0 Å². The van der Waals surface area contributed by atoms with Crippen LogP contribution < -0.4 is 10.6 Å². The molecule has 18 heavy (non-hydrogen) atoms. The lowest BCUT2D eigenvalue weighted by atomic mass is 10.2. The molecule has 0 aromatic carbocycles. The molecule has 2 N–H and O–H groups in total. The lowest BCUT2D eigenvalue weighted by Crippen LogP contribution is -2.49. The molecule has 1 amide bonds. The molecule has 0 saturated carbocycles. The maximum absolute atomic E-state index is 11.7. The molecule has 0 spiro atoms. The van der Waals surface area contributed by atoms with Crippen LogP contribution in [0.5, 0.6) is 0 Å². The molecule has 0 radical (unpaired) electrons. The highest BCUT2D eigenvalue weighted by Gasteiger charge is 2.15. The number of likely N-dealkylation sites (N-methyl/N-ethyl adjacent to an activating group) is 1. The smallest absolute Gasteiger partial charge is 0.237 e. The van der Waals surface area contributed by atoms with Gasteiger partial charge in [0, 0.05) is 45.3 Å². The van der Waals surface area contributed by atoms with Gasteiger partial charge in [0.15, 0.2) is 0 Å². The highest BCUT2D eigenvalue weighted by atomic mass is 16.2. The van der Waals surface area contributed by atoms with E-state index in [1.54, 1.807) is 0 Å². The van der Waals surface area contributed by atoms with Crippen molar-refractivity contribution in [2.24, 2.45) is 0 Å². The summed E-state index contributed by atoms with van der Waals surface area (Å²) in [5.41, 5.74) is 0. The summed E-state index contributed by atoms with van der Waals surface area (Å²) in [6.07, 6.45) is 0. The first-order valence-electron chi connectivity index (χ1n) is 6.93. The van der Waals surface area contributed by atoms with Crippen LogP contribution in [-0.4, -0.2) is 74.1 Å². The second-order valence-corrected chi connectivity index (χ2v) is 5.48. The molecule has 0 aromatic heterocycles. The van der Waals surface area contributed by atoms with E-state index in [2.05, 4.69) is 27.5 Å². The summed E-state index contributed by atoms with van der Waals surface area (Å²) in [5, 5.41) is 6.19. The zero-order valence-corrected chi connectivity index (χ0v) is 12.2. The zero-order valence-electron chi connectivity index (χ0n) is 12.2. The Labute approximate surface area is 111 Å². The van der Waals surface area contributed by atoms with Crippen LogP contribution in [0, 0.1) is 0 Å². The standard InChI is InChI=1S/C13H28N4O/c1-11(2)15-13(18)12(3)14-5-6-17-9-7-16(4)8-10-17/h11-12,14H,5-10H2,1-4H3,(H,15,18). The topological polar surface area (TPSA) is 47.6 Å². The number of carbonyl (C=O) groups excluding carboxylic acids is 1. The Balaban J connectivity index is 2.11. The maximum Gasteiger partial charge on any atom is 0.237 e. The van der Waals surface area contributed by atoms with E-state index in [4.69, 9.17) is 0 Å². The van der Waals surface area contributed by atoms with E-state index in [0.717, 1.165) is 39.3 Å². The first-order valence-corrected chi connectivity index (χ1v) is 6.93. The average molecular weight is 256 g/mol. The van der Waals surface area contributed by atoms with Gasteiger partial charge in [0.1, 0.15) is 0 Å². The van der Waals surface area contributed by atoms with E-state index in [9.17, 15) is 4.79 Å². The minimum absolute atomic E-state index is 0.0865. The molecule has 5 nitrogen and oxygen atoms in total. The third-order valence-electron chi connectivity index (χ3n) is 3.30. The molecule has 1 aliphatic heterocycles. The average Bonchev–Trinajstić information content (AvgIpc) is 2.30. The van der Waals surface area contributed by atoms with Gasteiger partial charge >= 0.3 is 0 Å². The van der Waals surface area contributed by atoms with E-state index in [0.29, 0.717) is 0 Å². The quantitative estimate of drug-likeness (QED) is 0.687. The van der Waals surface area contributed by atoms with Crippen LogP contribution in [0.1, 0.15) is 20.8 Å². The summed E-state index contributed by atoms with van der Waals surface area (Å²) < 4.78 is 0. The summed E-state index contributed by atoms with van der Waals surface area (Å²) >= 11 is 0. The normalized spacial score (nSPS) is 20.1. The Morgan fingerprint density at radius 2 is 1.78 bits per heavy atom. The Morgan fingerprint density at radius 1 is 1.17 bits per heavy atom. The lowest BCUT2D eigenvalue weighted by molar-refractivity contribution is -0.123. The summed E-state index contributed by atoms with van der Waals surface area (Å²) in [4.78, 5) is 16.5. The van der Waals surface area contributed by atoms with Crippen molar-refractivity contribution in [1.29, 1.82) is 0 Å². The molecule has 1 fully saturated rings. The molecular formula is C13H28N4O. The van der Waals surface area contributed by atoms with Crippen molar-refractivity contribution in [2.75, 3.05) is 46.3 Å². The number of carbonyl (C=O) groups is 1. The fourth-order valence-electron chi connectivity index (χ4n) is 2.01. The largest absolute Gasteiger partial charge is 0.353 e. The van der Waals surface area contributed by atoms with Crippen molar-refractivity contribution in [3.8, 4) is 0 Å². The molecular weight excluding hydrogens is 228 g/mol. The van der Waals surface area contributed by atoms with Crippen LogP contribution >= 0.6 is 0 Å². The van der Waals surface area contributed by atoms with Crippen LogP contribution in [0.25, 0.3) is 0 Å². The second-order valence-electron chi connectivity index (χ2n) is 5.48. The second kappa shape index (κ2) is 7.71. The molecule has 1 rings (SSSR count). The SMILES string of the molecule is CC(C)NC(=O)C(C)NCCN1CCN(C)CC1. The fourth-order valence-corrected chi connectivity index (χ4v) is 2.01. The van der Waals surface area contributed by atoms with Gasteiger partial charge in [-0.3, -0.25) is 9.69 Å². The zero-order chi connectivity index (χ0) is 13.5. The van der Waals surface area contributed by atoms with Crippen molar-refractivity contribution in [3.63, 3.8) is 0 Å². The van der Waals surface area contributed by atoms with Gasteiger partial charge in [-0.05, 0) is 27.8 Å². The van der Waals surface area contributed by atoms with Gasteiger partial charge in [0.05, 0.1) is 6.04 Å². The predicted octanol–water partition coefficient (Wildman–Crippen LogP) is -0.263. The molecule has 0 bridgehead atoms. The third-order valence-corrected chi connectivity index (χ3v) is 3.30. The Bertz CT molecular complexity index is 249. The Morgan fingerprint density at radius 3 is 2.33 bits per heavy atom. The number of rotatable bonds is 6. The van der Waals surface area contributed by atoms with Crippen molar-refractivity contribution < 1.29 is 4.79 Å². The van der Waals surface area contributed by atoms with Crippen LogP contribution in [0.15, 0.2) is 0 Å². The number of piperazine rings is 1. The van der Waals surface area contributed by atoms with E-state index in [1.165, 1.54) is 0 Å². The number of hydrogen-bond acceptors (Lipinski definition) is 4. The first-order chi connectivity index (χ1) is 8.49. The fraction of sp³-hybridized carbons (Fsp3) is 0.923. The van der Waals surface area contributed by atoms with Crippen molar-refractivity contribution in [3.05, 3.63) is 0 Å². The van der Waals surface area contributed by atoms with Gasteiger partial charge in [0.2, 0.25) is 5.91 Å². The van der Waals surface area contributed by atoms with E-state index in [1.807, 2.05) is 20.8 Å². The molecule has 5 heteroatoms. The minimum atomic E-state index is -0.111. The van der Waals surface area contributed by atoms with E-state index < -0.39 is 0 Å². The molecule has 1 atom stereocenters. The number of nitrogens with one attached hydrogen (secondary N) is 2. The summed E-state index contributed by atoms with van der Waals surface area (Å²) in [6.45, 7) is 12.3. The van der Waals surface area contributed by atoms with Crippen molar-refractivity contribution in [1.82, 2.24) is 20.4 Å². The van der Waals surface area contributed by atoms with Gasteiger partial charge in [-0.1, -0.05) is 0 Å². The number of hydrogen-bond donors (Lipinski definition) is 2. The highest BCUT2D eigenvalue weighted by molar-refractivity contribution is 5.81. The highest BCUT2D eigenvalue weighted by Crippen LogP contribution is 1.97. The number of nitrogens with zero attached hydrogens (tertiary/aromatic N) is 2. The summed E-state index contributed by atoms with van der Waals surface area (Å²) in [6, 6.07) is 0.0965. The van der Waals surface area contributed by atoms with Crippen LogP contribution in [0.4, 0.5) is 0 Å². The van der Waals surface area contributed by atoms with Gasteiger partial charge in [-0.25, -0.2) is 0 Å². The predicted molar refractivity (Wildman–Crippen MR) is 74.7 cm³/mol. The van der Waals surface area contributed by atoms with E-state index >= 15 is 0 Å². The van der Waals surface area contributed by atoms with Crippen molar-refractivity contribution >= 4 is 5.91 Å². The molecule has 1 unspecified atom stereocenters. The third kappa shape index (κ3) is 5.80. The molecule has 1 saturated heterocycles. The molecule has 106 valence electrons. The van der Waals surface area contributed by atoms with Crippen LogP contribution in [0.2, 0.25) is 0 Å². The Kier molecular flexibility index (Phi) is 6.60. The van der Waals surface area contributed by atoms with Gasteiger partial charge < -0.3 is 15.5 Å². The molecule has 1 heterocycles. The molecule has 0 aliphatic carbocycles. The monoisotopic (exact) mass is 256 g/mol. The van der Waals surface area contributed by atoms with Crippen molar-refractivity contribution in [2.45, 2.75) is 32.9 Å². The van der Waals surface area contributed by atoms with Gasteiger partial charge in [0.25, 0.3) is 0 Å². The molecule has 1 aliphatic rings. The minimum Gasteiger partial charge on any atom is -0.353 e. The lowest BCUT2D eigenvalue weighted by Gasteiger charge is -2.32. The maximum atomic E-state index is 11.7.